The number of hydrogen-bond donors (Lipinski definition) is 3. The van der Waals surface area contributed by atoms with Gasteiger partial charge in [0.05, 0.1) is 0 Å². The molecular formula is C17H19N3OS. The highest BCUT2D eigenvalue weighted by Gasteiger charge is 2.01. The molecule has 2 aromatic rings. The van der Waals surface area contributed by atoms with Gasteiger partial charge in [-0.15, -0.1) is 0 Å². The zero-order valence-electron chi connectivity index (χ0n) is 12.6. The fraction of sp³-hybridized carbons (Fsp3) is 0.176. The van der Waals surface area contributed by atoms with Gasteiger partial charge in [-0.1, -0.05) is 25.1 Å². The van der Waals surface area contributed by atoms with Gasteiger partial charge in [0.25, 0.3) is 0 Å². The summed E-state index contributed by atoms with van der Waals surface area (Å²) >= 11 is 5.30. The zero-order chi connectivity index (χ0) is 15.9. The minimum absolute atomic E-state index is 0.103. The molecule has 0 heterocycles. The Bertz CT molecular complexity index is 668. The van der Waals surface area contributed by atoms with Gasteiger partial charge in [0.1, 0.15) is 0 Å². The highest BCUT2D eigenvalue weighted by atomic mass is 32.1. The molecule has 0 spiro atoms. The topological polar surface area (TPSA) is 53.2 Å². The molecular weight excluding hydrogens is 294 g/mol. The van der Waals surface area contributed by atoms with Crippen LogP contribution in [0.4, 0.5) is 17.1 Å². The molecule has 1 amide bonds. The second-order valence-corrected chi connectivity index (χ2v) is 5.30. The fourth-order valence-electron chi connectivity index (χ4n) is 2.00. The molecule has 5 heteroatoms. The van der Waals surface area contributed by atoms with Crippen LogP contribution in [0.3, 0.4) is 0 Å². The van der Waals surface area contributed by atoms with Gasteiger partial charge >= 0.3 is 0 Å². The predicted octanol–water partition coefficient (Wildman–Crippen LogP) is 4.02. The van der Waals surface area contributed by atoms with Crippen LogP contribution in [-0.2, 0) is 11.2 Å². The van der Waals surface area contributed by atoms with Gasteiger partial charge in [-0.3, -0.25) is 4.79 Å². The van der Waals surface area contributed by atoms with Gasteiger partial charge in [-0.2, -0.15) is 0 Å². The lowest BCUT2D eigenvalue weighted by molar-refractivity contribution is -0.114. The van der Waals surface area contributed by atoms with Crippen LogP contribution in [0.5, 0.6) is 0 Å². The van der Waals surface area contributed by atoms with Crippen molar-refractivity contribution in [2.24, 2.45) is 0 Å². The summed E-state index contributed by atoms with van der Waals surface area (Å²) in [5.74, 6) is -0.103. The van der Waals surface area contributed by atoms with Crippen molar-refractivity contribution in [2.45, 2.75) is 20.3 Å². The van der Waals surface area contributed by atoms with Crippen molar-refractivity contribution in [2.75, 3.05) is 16.0 Å². The summed E-state index contributed by atoms with van der Waals surface area (Å²) in [6, 6.07) is 15.5. The second-order valence-electron chi connectivity index (χ2n) is 4.89. The van der Waals surface area contributed by atoms with Gasteiger partial charge in [-0.05, 0) is 54.5 Å². The summed E-state index contributed by atoms with van der Waals surface area (Å²) in [5, 5.41) is 9.48. The molecule has 114 valence electrons. The van der Waals surface area contributed by atoms with Gasteiger partial charge in [0, 0.05) is 24.0 Å². The van der Waals surface area contributed by atoms with E-state index in [0.717, 1.165) is 23.5 Å². The molecule has 0 aromatic heterocycles. The van der Waals surface area contributed by atoms with E-state index in [4.69, 9.17) is 12.2 Å². The Balaban J connectivity index is 1.97. The molecule has 0 bridgehead atoms. The molecule has 0 atom stereocenters. The van der Waals surface area contributed by atoms with Gasteiger partial charge in [-0.25, -0.2) is 0 Å². The first-order chi connectivity index (χ1) is 10.6. The lowest BCUT2D eigenvalue weighted by Crippen LogP contribution is -2.19. The number of rotatable bonds is 4. The summed E-state index contributed by atoms with van der Waals surface area (Å²) in [5.41, 5.74) is 3.77. The number of carbonyl (C=O) groups is 1. The van der Waals surface area contributed by atoms with Crippen molar-refractivity contribution in [3.63, 3.8) is 0 Å². The second kappa shape index (κ2) is 7.56. The molecule has 2 aromatic carbocycles. The molecule has 0 fully saturated rings. The van der Waals surface area contributed by atoms with E-state index in [0.29, 0.717) is 5.11 Å². The van der Waals surface area contributed by atoms with Crippen LogP contribution in [0, 0.1) is 0 Å². The maximum Gasteiger partial charge on any atom is 0.221 e. The Labute approximate surface area is 135 Å². The highest BCUT2D eigenvalue weighted by molar-refractivity contribution is 7.80. The third-order valence-electron chi connectivity index (χ3n) is 3.06. The van der Waals surface area contributed by atoms with Crippen LogP contribution in [0.25, 0.3) is 0 Å². The summed E-state index contributed by atoms with van der Waals surface area (Å²) in [6.45, 7) is 3.60. The average Bonchev–Trinajstić information content (AvgIpc) is 2.47. The Kier molecular flexibility index (Phi) is 5.49. The highest BCUT2D eigenvalue weighted by Crippen LogP contribution is 2.16. The Morgan fingerprint density at radius 1 is 0.955 bits per heavy atom. The molecule has 4 nitrogen and oxygen atoms in total. The smallest absolute Gasteiger partial charge is 0.221 e. The maximum absolute atomic E-state index is 11.1. The van der Waals surface area contributed by atoms with Gasteiger partial charge in [0.2, 0.25) is 5.91 Å². The molecule has 2 rings (SSSR count). The molecule has 0 aliphatic heterocycles. The Hall–Kier alpha value is -2.40. The van der Waals surface area contributed by atoms with E-state index in [1.165, 1.54) is 12.5 Å². The van der Waals surface area contributed by atoms with Crippen molar-refractivity contribution in [1.82, 2.24) is 0 Å². The molecule has 0 radical (unpaired) electrons. The maximum atomic E-state index is 11.1. The summed E-state index contributed by atoms with van der Waals surface area (Å²) in [7, 11) is 0. The van der Waals surface area contributed by atoms with Crippen LogP contribution in [0.1, 0.15) is 19.4 Å². The average molecular weight is 313 g/mol. The number of nitrogens with one attached hydrogen (secondary N) is 3. The van der Waals surface area contributed by atoms with Gasteiger partial charge < -0.3 is 16.0 Å². The first kappa shape index (κ1) is 16.0. The van der Waals surface area contributed by atoms with Crippen LogP contribution in [0.2, 0.25) is 0 Å². The fourth-order valence-corrected chi connectivity index (χ4v) is 2.23. The minimum atomic E-state index is -0.103. The van der Waals surface area contributed by atoms with Crippen LogP contribution < -0.4 is 16.0 Å². The quantitative estimate of drug-likeness (QED) is 0.746. The summed E-state index contributed by atoms with van der Waals surface area (Å²) < 4.78 is 0. The molecule has 0 aliphatic rings. The number of thiocarbonyl (C=S) groups is 1. The number of aryl methyl sites for hydroxylation is 1. The van der Waals surface area contributed by atoms with Crippen molar-refractivity contribution in [3.05, 3.63) is 54.1 Å². The monoisotopic (exact) mass is 313 g/mol. The lowest BCUT2D eigenvalue weighted by Gasteiger charge is -2.12. The normalized spacial score (nSPS) is 9.91. The van der Waals surface area contributed by atoms with E-state index < -0.39 is 0 Å². The third-order valence-corrected chi connectivity index (χ3v) is 3.26. The largest absolute Gasteiger partial charge is 0.332 e. The molecule has 3 N–H and O–H groups in total. The minimum Gasteiger partial charge on any atom is -0.332 e. The van der Waals surface area contributed by atoms with E-state index in [2.05, 4.69) is 35.0 Å². The Morgan fingerprint density at radius 2 is 1.55 bits per heavy atom. The zero-order valence-corrected chi connectivity index (χ0v) is 13.5. The SMILES string of the molecule is CCc1ccc(NC(=S)Nc2cccc(NC(C)=O)c2)cc1. The Morgan fingerprint density at radius 3 is 2.14 bits per heavy atom. The van der Waals surface area contributed by atoms with Crippen LogP contribution in [-0.4, -0.2) is 11.0 Å². The standard InChI is InChI=1S/C17H19N3OS/c1-3-13-7-9-14(10-8-13)19-17(22)20-16-6-4-5-15(11-16)18-12(2)21/h4-11H,3H2,1-2H3,(H,18,21)(H2,19,20,22). The summed E-state index contributed by atoms with van der Waals surface area (Å²) in [4.78, 5) is 11.1. The van der Waals surface area contributed by atoms with E-state index in [1.807, 2.05) is 36.4 Å². The number of anilines is 3. The van der Waals surface area contributed by atoms with Crippen LogP contribution >= 0.6 is 12.2 Å². The molecule has 22 heavy (non-hydrogen) atoms. The predicted molar refractivity (Wildman–Crippen MR) is 96.4 cm³/mol. The number of amides is 1. The molecule has 0 aliphatic carbocycles. The van der Waals surface area contributed by atoms with E-state index in [9.17, 15) is 4.79 Å². The first-order valence-electron chi connectivity index (χ1n) is 7.11. The number of carbonyl (C=O) groups excluding carboxylic acids is 1. The van der Waals surface area contributed by atoms with E-state index in [-0.39, 0.29) is 5.91 Å². The van der Waals surface area contributed by atoms with Crippen LogP contribution in [0.15, 0.2) is 48.5 Å². The third kappa shape index (κ3) is 4.86. The van der Waals surface area contributed by atoms with Crippen molar-refractivity contribution < 1.29 is 4.79 Å². The van der Waals surface area contributed by atoms with Crippen molar-refractivity contribution in [1.29, 1.82) is 0 Å². The number of hydrogen-bond acceptors (Lipinski definition) is 2. The first-order valence-corrected chi connectivity index (χ1v) is 7.52. The van der Waals surface area contributed by atoms with E-state index >= 15 is 0 Å². The van der Waals surface area contributed by atoms with Gasteiger partial charge in [0.15, 0.2) is 5.11 Å². The molecule has 0 saturated heterocycles. The van der Waals surface area contributed by atoms with Crippen molar-refractivity contribution >= 4 is 40.3 Å². The summed E-state index contributed by atoms with van der Waals surface area (Å²) in [6.07, 6.45) is 1.01. The van der Waals surface area contributed by atoms with E-state index in [1.54, 1.807) is 0 Å². The number of benzene rings is 2. The lowest BCUT2D eigenvalue weighted by atomic mass is 10.1. The molecule has 0 unspecified atom stereocenters. The van der Waals surface area contributed by atoms with Crippen molar-refractivity contribution in [3.8, 4) is 0 Å². The molecule has 0 saturated carbocycles.